The Kier molecular flexibility index (Phi) is 4.56. The number of ether oxygens (including phenoxy) is 1. The first-order chi connectivity index (χ1) is 11.1. The van der Waals surface area contributed by atoms with Crippen molar-refractivity contribution in [3.05, 3.63) is 65.7 Å². The molecule has 0 aromatic heterocycles. The van der Waals surface area contributed by atoms with Crippen molar-refractivity contribution in [3.63, 3.8) is 0 Å². The van der Waals surface area contributed by atoms with Crippen molar-refractivity contribution in [3.8, 4) is 5.75 Å². The molecule has 23 heavy (non-hydrogen) atoms. The summed E-state index contributed by atoms with van der Waals surface area (Å²) in [7, 11) is 0. The summed E-state index contributed by atoms with van der Waals surface area (Å²) < 4.78 is 6.12. The number of hydrogen-bond acceptors (Lipinski definition) is 3. The number of para-hydroxylation sites is 1. The van der Waals surface area contributed by atoms with Crippen molar-refractivity contribution in [2.45, 2.75) is 32.3 Å². The maximum Gasteiger partial charge on any atom is 0.173 e. The van der Waals surface area contributed by atoms with Crippen LogP contribution in [0.5, 0.6) is 5.75 Å². The van der Waals surface area contributed by atoms with E-state index in [1.54, 1.807) is 13.0 Å². The van der Waals surface area contributed by atoms with Crippen LogP contribution in [0.15, 0.2) is 54.6 Å². The predicted octanol–water partition coefficient (Wildman–Crippen LogP) is 3.86. The van der Waals surface area contributed by atoms with E-state index in [1.165, 1.54) is 0 Å². The second-order valence-corrected chi connectivity index (χ2v) is 6.05. The van der Waals surface area contributed by atoms with Gasteiger partial charge < -0.3 is 9.53 Å². The SMILES string of the molecule is CC(=O)CCC1C(=O)c2ccccc2OC1Cc1ccccc1. The molecule has 0 saturated heterocycles. The van der Waals surface area contributed by atoms with E-state index in [-0.39, 0.29) is 23.6 Å². The van der Waals surface area contributed by atoms with Gasteiger partial charge in [-0.05, 0) is 31.0 Å². The van der Waals surface area contributed by atoms with E-state index in [2.05, 4.69) is 0 Å². The molecule has 2 aromatic rings. The van der Waals surface area contributed by atoms with Crippen LogP contribution >= 0.6 is 0 Å². The highest BCUT2D eigenvalue weighted by Crippen LogP contribution is 2.34. The molecule has 2 unspecified atom stereocenters. The minimum atomic E-state index is -0.269. The standard InChI is InChI=1S/C20H20O3/c1-14(21)11-12-17-19(13-15-7-3-2-4-8-15)23-18-10-6-5-9-16(18)20(17)22/h2-10,17,19H,11-13H2,1H3. The molecule has 0 bridgehead atoms. The Balaban J connectivity index is 1.88. The minimum Gasteiger partial charge on any atom is -0.489 e. The first-order valence-electron chi connectivity index (χ1n) is 7.98. The largest absolute Gasteiger partial charge is 0.489 e. The van der Waals surface area contributed by atoms with Crippen molar-refractivity contribution in [2.24, 2.45) is 5.92 Å². The Morgan fingerprint density at radius 3 is 2.48 bits per heavy atom. The topological polar surface area (TPSA) is 43.4 Å². The number of Topliss-reactive ketones (excluding diaryl/α,β-unsaturated/α-hetero) is 2. The van der Waals surface area contributed by atoms with Crippen LogP contribution in [0.1, 0.15) is 35.7 Å². The molecule has 3 heteroatoms. The average molecular weight is 308 g/mol. The third kappa shape index (κ3) is 3.50. The molecule has 1 heterocycles. The number of benzene rings is 2. The molecule has 3 nitrogen and oxygen atoms in total. The number of carbonyl (C=O) groups is 2. The monoisotopic (exact) mass is 308 g/mol. The van der Waals surface area contributed by atoms with Crippen LogP contribution in [0.4, 0.5) is 0 Å². The number of rotatable bonds is 5. The fraction of sp³-hybridized carbons (Fsp3) is 0.300. The molecule has 2 atom stereocenters. The van der Waals surface area contributed by atoms with Gasteiger partial charge in [-0.3, -0.25) is 4.79 Å². The molecule has 1 aliphatic rings. The van der Waals surface area contributed by atoms with Crippen LogP contribution in [0.25, 0.3) is 0 Å². The van der Waals surface area contributed by atoms with Gasteiger partial charge in [0.05, 0.1) is 11.5 Å². The molecule has 118 valence electrons. The Bertz CT molecular complexity index is 706. The van der Waals surface area contributed by atoms with E-state index in [9.17, 15) is 9.59 Å². The second kappa shape index (κ2) is 6.78. The smallest absolute Gasteiger partial charge is 0.173 e. The second-order valence-electron chi connectivity index (χ2n) is 6.05. The fourth-order valence-corrected chi connectivity index (χ4v) is 3.09. The average Bonchev–Trinajstić information content (AvgIpc) is 2.55. The molecule has 0 fully saturated rings. The molecule has 0 aliphatic carbocycles. The molecule has 1 aliphatic heterocycles. The normalized spacial score (nSPS) is 19.8. The molecular formula is C20H20O3. The highest BCUT2D eigenvalue weighted by molar-refractivity contribution is 6.01. The van der Waals surface area contributed by atoms with Crippen LogP contribution in [-0.2, 0) is 11.2 Å². The summed E-state index contributed by atoms with van der Waals surface area (Å²) in [6.45, 7) is 1.56. The molecule has 3 rings (SSSR count). The van der Waals surface area contributed by atoms with E-state index in [0.29, 0.717) is 30.6 Å². The Morgan fingerprint density at radius 2 is 1.74 bits per heavy atom. The van der Waals surface area contributed by atoms with E-state index < -0.39 is 0 Å². The van der Waals surface area contributed by atoms with Gasteiger partial charge in [0, 0.05) is 12.8 Å². The summed E-state index contributed by atoms with van der Waals surface area (Å²) in [6.07, 6.45) is 1.40. The lowest BCUT2D eigenvalue weighted by Crippen LogP contribution is -2.39. The quantitative estimate of drug-likeness (QED) is 0.842. The highest BCUT2D eigenvalue weighted by atomic mass is 16.5. The van der Waals surface area contributed by atoms with Gasteiger partial charge in [0.15, 0.2) is 5.78 Å². The minimum absolute atomic E-state index is 0.0917. The number of ketones is 2. The molecule has 0 spiro atoms. The summed E-state index contributed by atoms with van der Waals surface area (Å²) in [5.74, 6) is 0.579. The summed E-state index contributed by atoms with van der Waals surface area (Å²) in [6, 6.07) is 17.4. The Hall–Kier alpha value is -2.42. The first-order valence-corrected chi connectivity index (χ1v) is 7.98. The molecule has 0 radical (unpaired) electrons. The van der Waals surface area contributed by atoms with Crippen LogP contribution < -0.4 is 4.74 Å². The van der Waals surface area contributed by atoms with Crippen LogP contribution in [0.3, 0.4) is 0 Å². The van der Waals surface area contributed by atoms with Gasteiger partial charge in [0.1, 0.15) is 17.6 Å². The zero-order valence-corrected chi connectivity index (χ0v) is 13.2. The van der Waals surface area contributed by atoms with Crippen molar-refractivity contribution >= 4 is 11.6 Å². The first kappa shape index (κ1) is 15.5. The molecule has 0 saturated carbocycles. The van der Waals surface area contributed by atoms with E-state index in [0.717, 1.165) is 5.56 Å². The van der Waals surface area contributed by atoms with Gasteiger partial charge in [0.2, 0.25) is 0 Å². The Morgan fingerprint density at radius 1 is 1.04 bits per heavy atom. The van der Waals surface area contributed by atoms with Gasteiger partial charge in [-0.25, -0.2) is 0 Å². The van der Waals surface area contributed by atoms with Gasteiger partial charge in [0.25, 0.3) is 0 Å². The summed E-state index contributed by atoms with van der Waals surface area (Å²) >= 11 is 0. The van der Waals surface area contributed by atoms with Crippen molar-refractivity contribution in [2.75, 3.05) is 0 Å². The van der Waals surface area contributed by atoms with Crippen LogP contribution in [0.2, 0.25) is 0 Å². The highest BCUT2D eigenvalue weighted by Gasteiger charge is 2.36. The summed E-state index contributed by atoms with van der Waals surface area (Å²) in [5.41, 5.74) is 1.77. The van der Waals surface area contributed by atoms with Crippen molar-refractivity contribution in [1.29, 1.82) is 0 Å². The predicted molar refractivity (Wildman–Crippen MR) is 88.7 cm³/mol. The third-order valence-electron chi connectivity index (χ3n) is 4.30. The number of hydrogen-bond donors (Lipinski definition) is 0. The molecule has 0 amide bonds. The number of carbonyl (C=O) groups excluding carboxylic acids is 2. The zero-order valence-electron chi connectivity index (χ0n) is 13.2. The lowest BCUT2D eigenvalue weighted by atomic mass is 9.83. The van der Waals surface area contributed by atoms with Gasteiger partial charge in [-0.15, -0.1) is 0 Å². The fourth-order valence-electron chi connectivity index (χ4n) is 3.09. The summed E-state index contributed by atoms with van der Waals surface area (Å²) in [4.78, 5) is 24.2. The van der Waals surface area contributed by atoms with Crippen LogP contribution in [-0.4, -0.2) is 17.7 Å². The van der Waals surface area contributed by atoms with Gasteiger partial charge >= 0.3 is 0 Å². The van der Waals surface area contributed by atoms with Gasteiger partial charge in [-0.2, -0.15) is 0 Å². The zero-order chi connectivity index (χ0) is 16.2. The summed E-state index contributed by atoms with van der Waals surface area (Å²) in [5, 5.41) is 0. The Labute approximate surface area is 136 Å². The lowest BCUT2D eigenvalue weighted by Gasteiger charge is -2.32. The molecule has 2 aromatic carbocycles. The maximum absolute atomic E-state index is 12.8. The maximum atomic E-state index is 12.8. The van der Waals surface area contributed by atoms with Crippen molar-refractivity contribution in [1.82, 2.24) is 0 Å². The van der Waals surface area contributed by atoms with Gasteiger partial charge in [-0.1, -0.05) is 42.5 Å². The van der Waals surface area contributed by atoms with E-state index in [4.69, 9.17) is 4.74 Å². The van der Waals surface area contributed by atoms with E-state index in [1.807, 2.05) is 48.5 Å². The lowest BCUT2D eigenvalue weighted by molar-refractivity contribution is -0.117. The molecular weight excluding hydrogens is 288 g/mol. The van der Waals surface area contributed by atoms with Crippen LogP contribution in [0, 0.1) is 5.92 Å². The number of fused-ring (bicyclic) bond motifs is 1. The van der Waals surface area contributed by atoms with E-state index >= 15 is 0 Å². The third-order valence-corrected chi connectivity index (χ3v) is 4.30. The molecule has 0 N–H and O–H groups in total. The van der Waals surface area contributed by atoms with Crippen molar-refractivity contribution < 1.29 is 14.3 Å².